The lowest BCUT2D eigenvalue weighted by atomic mass is 10.2. The van der Waals surface area contributed by atoms with Crippen molar-refractivity contribution in [3.05, 3.63) is 46.0 Å². The van der Waals surface area contributed by atoms with Gasteiger partial charge in [0.25, 0.3) is 5.56 Å². The van der Waals surface area contributed by atoms with Crippen LogP contribution in [0.15, 0.2) is 29.3 Å². The number of hydrogen-bond acceptors (Lipinski definition) is 9. The summed E-state index contributed by atoms with van der Waals surface area (Å²) >= 11 is 0. The van der Waals surface area contributed by atoms with Crippen molar-refractivity contribution in [2.75, 3.05) is 49.6 Å². The molecule has 11 heteroatoms. The smallest absolute Gasteiger partial charge is 0.275 e. The molecular weight excluding hydrogens is 412 g/mol. The fourth-order valence-corrected chi connectivity index (χ4v) is 3.37. The quantitative estimate of drug-likeness (QED) is 0.380. The van der Waals surface area contributed by atoms with Crippen molar-refractivity contribution in [3.63, 3.8) is 0 Å². The minimum Gasteiger partial charge on any atom is -0.379 e. The second-order valence-electron chi connectivity index (χ2n) is 7.43. The maximum Gasteiger partial charge on any atom is 0.275 e. The second-order valence-corrected chi connectivity index (χ2v) is 7.43. The molecule has 168 valence electrons. The third kappa shape index (κ3) is 5.89. The molecule has 1 fully saturated rings. The zero-order valence-corrected chi connectivity index (χ0v) is 17.9. The number of hydrogen-bond donors (Lipinski definition) is 3. The Kier molecular flexibility index (Phi) is 7.88. The molecule has 0 bridgehead atoms. The van der Waals surface area contributed by atoms with Crippen molar-refractivity contribution in [2.24, 2.45) is 0 Å². The number of amides is 1. The molecule has 0 radical (unpaired) electrons. The van der Waals surface area contributed by atoms with Crippen molar-refractivity contribution in [1.82, 2.24) is 20.1 Å². The Labute approximate surface area is 185 Å². The number of anilines is 2. The fraction of sp³-hybridized carbons (Fsp3) is 0.429. The van der Waals surface area contributed by atoms with Gasteiger partial charge in [-0.3, -0.25) is 9.59 Å². The molecule has 1 amide bonds. The highest BCUT2D eigenvalue weighted by Crippen LogP contribution is 2.14. The summed E-state index contributed by atoms with van der Waals surface area (Å²) in [5.74, 6) is 0.852. The van der Waals surface area contributed by atoms with Crippen LogP contribution < -0.4 is 15.8 Å². The summed E-state index contributed by atoms with van der Waals surface area (Å²) in [6, 6.07) is 5.49. The number of H-pyrrole nitrogens is 1. The van der Waals surface area contributed by atoms with E-state index in [1.807, 2.05) is 17.9 Å². The molecule has 1 aliphatic rings. The number of carbonyl (C=O) groups excluding carboxylic acids is 1. The van der Waals surface area contributed by atoms with Crippen LogP contribution in [-0.4, -0.2) is 77.6 Å². The number of aromatic nitrogens is 3. The molecule has 32 heavy (non-hydrogen) atoms. The number of pyridine rings is 1. The van der Waals surface area contributed by atoms with E-state index in [0.29, 0.717) is 57.1 Å². The van der Waals surface area contributed by atoms with Gasteiger partial charge in [0.15, 0.2) is 0 Å². The van der Waals surface area contributed by atoms with E-state index in [9.17, 15) is 9.59 Å². The van der Waals surface area contributed by atoms with Crippen LogP contribution in [0.1, 0.15) is 24.5 Å². The van der Waals surface area contributed by atoms with Gasteiger partial charge < -0.3 is 25.3 Å². The van der Waals surface area contributed by atoms with E-state index in [0.717, 1.165) is 12.0 Å². The Morgan fingerprint density at radius 3 is 2.81 bits per heavy atom. The zero-order chi connectivity index (χ0) is 22.9. The topological polar surface area (TPSA) is 151 Å². The van der Waals surface area contributed by atoms with Gasteiger partial charge in [-0.2, -0.15) is 10.4 Å². The van der Waals surface area contributed by atoms with Crippen molar-refractivity contribution in [1.29, 1.82) is 10.7 Å². The number of ether oxygens (including phenoxy) is 1. The highest BCUT2D eigenvalue weighted by molar-refractivity contribution is 5.84. The van der Waals surface area contributed by atoms with E-state index in [-0.39, 0.29) is 17.5 Å². The first-order valence-corrected chi connectivity index (χ1v) is 10.3. The molecule has 1 unspecified atom stereocenters. The molecule has 2 aromatic heterocycles. The summed E-state index contributed by atoms with van der Waals surface area (Å²) in [6.07, 6.45) is 4.28. The Morgan fingerprint density at radius 2 is 2.16 bits per heavy atom. The largest absolute Gasteiger partial charge is 0.379 e. The lowest BCUT2D eigenvalue weighted by Gasteiger charge is -2.35. The SMILES string of the molecule is CC(COCCC(=O)N1CCN(c2ccc(C#N)cn2)CC1)Nc1cn[nH]c(=O)c1C=N. The van der Waals surface area contributed by atoms with Crippen molar-refractivity contribution < 1.29 is 9.53 Å². The molecule has 1 saturated heterocycles. The molecular formula is C21H26N8O3. The van der Waals surface area contributed by atoms with Gasteiger partial charge in [-0.05, 0) is 19.1 Å². The summed E-state index contributed by atoms with van der Waals surface area (Å²) in [5.41, 5.74) is 0.762. The molecule has 0 spiro atoms. The van der Waals surface area contributed by atoms with Gasteiger partial charge in [0, 0.05) is 44.6 Å². The van der Waals surface area contributed by atoms with Crippen molar-refractivity contribution in [3.8, 4) is 6.07 Å². The number of piperazine rings is 1. The Bertz CT molecular complexity index is 1020. The maximum absolute atomic E-state index is 12.5. The van der Waals surface area contributed by atoms with Crippen LogP contribution in [0.2, 0.25) is 0 Å². The molecule has 3 heterocycles. The van der Waals surface area contributed by atoms with Gasteiger partial charge in [-0.25, -0.2) is 10.1 Å². The van der Waals surface area contributed by atoms with Crippen LogP contribution in [0.4, 0.5) is 11.5 Å². The van der Waals surface area contributed by atoms with Crippen LogP contribution in [0, 0.1) is 16.7 Å². The number of aromatic amines is 1. The van der Waals surface area contributed by atoms with E-state index in [4.69, 9.17) is 15.4 Å². The molecule has 2 aromatic rings. The van der Waals surface area contributed by atoms with Crippen molar-refractivity contribution >= 4 is 23.6 Å². The third-order valence-corrected chi connectivity index (χ3v) is 5.10. The zero-order valence-electron chi connectivity index (χ0n) is 17.9. The van der Waals surface area contributed by atoms with E-state index >= 15 is 0 Å². The first-order chi connectivity index (χ1) is 15.5. The molecule has 1 aliphatic heterocycles. The van der Waals surface area contributed by atoms with Crippen LogP contribution >= 0.6 is 0 Å². The van der Waals surface area contributed by atoms with Crippen molar-refractivity contribution in [2.45, 2.75) is 19.4 Å². The highest BCUT2D eigenvalue weighted by atomic mass is 16.5. The number of nitrogens with zero attached hydrogens (tertiary/aromatic N) is 5. The third-order valence-electron chi connectivity index (χ3n) is 5.10. The van der Waals surface area contributed by atoms with E-state index in [2.05, 4.69) is 31.5 Å². The van der Waals surface area contributed by atoms with Gasteiger partial charge >= 0.3 is 0 Å². The predicted octanol–water partition coefficient (Wildman–Crippen LogP) is 0.590. The van der Waals surface area contributed by atoms with Gasteiger partial charge in [-0.15, -0.1) is 0 Å². The average Bonchev–Trinajstić information content (AvgIpc) is 2.82. The van der Waals surface area contributed by atoms with E-state index in [1.165, 1.54) is 6.20 Å². The van der Waals surface area contributed by atoms with E-state index in [1.54, 1.807) is 12.3 Å². The standard InChI is InChI=1S/C21H26N8O3/c1-15(26-18-13-25-27-21(31)17(18)11-23)14-32-9-4-20(30)29-7-5-28(6-8-29)19-3-2-16(10-22)12-24-19/h2-3,11-13,15,23H,4-9,14H2,1H3,(H2,26,27,31). The van der Waals surface area contributed by atoms with Crippen LogP contribution in [0.5, 0.6) is 0 Å². The molecule has 3 N–H and O–H groups in total. The molecule has 0 saturated carbocycles. The summed E-state index contributed by atoms with van der Waals surface area (Å²) < 4.78 is 5.62. The average molecular weight is 438 g/mol. The number of carbonyl (C=O) groups is 1. The summed E-state index contributed by atoms with van der Waals surface area (Å²) in [6.45, 7) is 5.12. The Hall–Kier alpha value is -3.78. The monoisotopic (exact) mass is 438 g/mol. The molecule has 3 rings (SSSR count). The Balaban J connectivity index is 1.36. The van der Waals surface area contributed by atoms with Gasteiger partial charge in [0.1, 0.15) is 11.9 Å². The number of rotatable bonds is 9. The fourth-order valence-electron chi connectivity index (χ4n) is 3.37. The normalized spacial score (nSPS) is 14.5. The molecule has 1 atom stereocenters. The van der Waals surface area contributed by atoms with Crippen LogP contribution in [0.25, 0.3) is 0 Å². The first-order valence-electron chi connectivity index (χ1n) is 10.3. The first kappa shape index (κ1) is 22.9. The van der Waals surface area contributed by atoms with E-state index < -0.39 is 5.56 Å². The summed E-state index contributed by atoms with van der Waals surface area (Å²) in [4.78, 5) is 32.4. The Morgan fingerprint density at radius 1 is 1.38 bits per heavy atom. The molecule has 0 aromatic carbocycles. The minimum atomic E-state index is -0.432. The lowest BCUT2D eigenvalue weighted by molar-refractivity contribution is -0.132. The maximum atomic E-state index is 12.5. The van der Waals surface area contributed by atoms with Gasteiger partial charge in [-0.1, -0.05) is 0 Å². The van der Waals surface area contributed by atoms with Crippen LogP contribution in [0.3, 0.4) is 0 Å². The summed E-state index contributed by atoms with van der Waals surface area (Å²) in [7, 11) is 0. The van der Waals surface area contributed by atoms with Crippen LogP contribution in [-0.2, 0) is 9.53 Å². The predicted molar refractivity (Wildman–Crippen MR) is 119 cm³/mol. The van der Waals surface area contributed by atoms with Gasteiger partial charge in [0.05, 0.1) is 42.6 Å². The molecule has 11 nitrogen and oxygen atoms in total. The number of nitriles is 1. The minimum absolute atomic E-state index is 0.0444. The second kappa shape index (κ2) is 11.0. The lowest BCUT2D eigenvalue weighted by Crippen LogP contribution is -2.49. The number of nitrogens with one attached hydrogen (secondary N) is 3. The summed E-state index contributed by atoms with van der Waals surface area (Å²) in [5, 5.41) is 25.3. The molecule has 0 aliphatic carbocycles. The van der Waals surface area contributed by atoms with Gasteiger partial charge in [0.2, 0.25) is 5.91 Å². The highest BCUT2D eigenvalue weighted by Gasteiger charge is 2.21.